The van der Waals surface area contributed by atoms with Gasteiger partial charge >= 0.3 is 6.03 Å². The first kappa shape index (κ1) is 16.4. The van der Waals surface area contributed by atoms with E-state index in [9.17, 15) is 9.59 Å². The number of anilines is 1. The molecule has 0 aliphatic carbocycles. The van der Waals surface area contributed by atoms with Gasteiger partial charge in [-0.1, -0.05) is 36.4 Å². The van der Waals surface area contributed by atoms with Gasteiger partial charge in [0.2, 0.25) is 0 Å². The van der Waals surface area contributed by atoms with Crippen molar-refractivity contribution in [3.05, 3.63) is 76.5 Å². The molecule has 0 radical (unpaired) electrons. The van der Waals surface area contributed by atoms with Crippen LogP contribution < -0.4 is 10.2 Å². The predicted molar refractivity (Wildman–Crippen MR) is 101 cm³/mol. The molecule has 2 aliphatic heterocycles. The highest BCUT2D eigenvalue weighted by molar-refractivity contribution is 6.11. The molecule has 132 valence electrons. The highest BCUT2D eigenvalue weighted by Gasteiger charge is 2.43. The van der Waals surface area contributed by atoms with Crippen molar-refractivity contribution < 1.29 is 9.59 Å². The normalized spacial score (nSPS) is 19.7. The third kappa shape index (κ3) is 2.56. The van der Waals surface area contributed by atoms with Crippen LogP contribution >= 0.6 is 0 Å². The van der Waals surface area contributed by atoms with Gasteiger partial charge in [0.15, 0.2) is 0 Å². The first-order valence-electron chi connectivity index (χ1n) is 8.68. The lowest BCUT2D eigenvalue weighted by atomic mass is 9.96. The van der Waals surface area contributed by atoms with Gasteiger partial charge in [-0.2, -0.15) is 0 Å². The summed E-state index contributed by atoms with van der Waals surface area (Å²) in [6.07, 6.45) is 0. The van der Waals surface area contributed by atoms with Crippen LogP contribution in [0, 0.1) is 13.8 Å². The SMILES string of the molecule is Cc1cc(C)cc(N2CC3=C(C2=O)C(c2ccccc2)NC(=O)N3C)c1. The molecule has 26 heavy (non-hydrogen) atoms. The summed E-state index contributed by atoms with van der Waals surface area (Å²) in [5, 5.41) is 2.96. The molecular formula is C21H21N3O2. The van der Waals surface area contributed by atoms with Gasteiger partial charge in [-0.25, -0.2) is 4.79 Å². The molecule has 5 nitrogen and oxygen atoms in total. The van der Waals surface area contributed by atoms with E-state index < -0.39 is 6.04 Å². The number of nitrogens with one attached hydrogen (secondary N) is 1. The van der Waals surface area contributed by atoms with E-state index in [4.69, 9.17) is 0 Å². The molecule has 0 aromatic heterocycles. The number of benzene rings is 2. The molecule has 2 aromatic carbocycles. The molecule has 0 fully saturated rings. The van der Waals surface area contributed by atoms with Crippen molar-refractivity contribution in [2.75, 3.05) is 18.5 Å². The monoisotopic (exact) mass is 347 g/mol. The Labute approximate surface area is 152 Å². The molecule has 3 amide bonds. The Balaban J connectivity index is 1.78. The molecule has 2 aromatic rings. The summed E-state index contributed by atoms with van der Waals surface area (Å²) in [5.74, 6) is -0.0503. The van der Waals surface area contributed by atoms with Crippen molar-refractivity contribution in [3.8, 4) is 0 Å². The molecule has 1 atom stereocenters. The summed E-state index contributed by atoms with van der Waals surface area (Å²) >= 11 is 0. The Hall–Kier alpha value is -3.08. The molecule has 0 saturated carbocycles. The zero-order valence-electron chi connectivity index (χ0n) is 15.1. The summed E-state index contributed by atoms with van der Waals surface area (Å²) in [5.41, 5.74) is 5.43. The maximum Gasteiger partial charge on any atom is 0.322 e. The third-order valence-electron chi connectivity index (χ3n) is 5.01. The number of carbonyl (C=O) groups excluding carboxylic acids is 2. The van der Waals surface area contributed by atoms with E-state index in [1.54, 1.807) is 16.8 Å². The lowest BCUT2D eigenvalue weighted by Gasteiger charge is -2.31. The highest BCUT2D eigenvalue weighted by Crippen LogP contribution is 2.37. The third-order valence-corrected chi connectivity index (χ3v) is 5.01. The zero-order chi connectivity index (χ0) is 18.4. The predicted octanol–water partition coefficient (Wildman–Crippen LogP) is 3.30. The van der Waals surface area contributed by atoms with Gasteiger partial charge in [-0.05, 0) is 42.7 Å². The Morgan fingerprint density at radius 3 is 2.31 bits per heavy atom. The minimum atomic E-state index is -0.418. The minimum absolute atomic E-state index is 0.0503. The highest BCUT2D eigenvalue weighted by atomic mass is 16.2. The number of hydrogen-bond acceptors (Lipinski definition) is 2. The summed E-state index contributed by atoms with van der Waals surface area (Å²) < 4.78 is 0. The van der Waals surface area contributed by atoms with E-state index in [0.717, 1.165) is 28.1 Å². The van der Waals surface area contributed by atoms with Gasteiger partial charge in [-0.15, -0.1) is 0 Å². The van der Waals surface area contributed by atoms with Gasteiger partial charge in [0.1, 0.15) is 0 Å². The fourth-order valence-corrected chi connectivity index (χ4v) is 3.78. The van der Waals surface area contributed by atoms with E-state index in [0.29, 0.717) is 12.1 Å². The molecule has 1 N–H and O–H groups in total. The standard InChI is InChI=1S/C21H21N3O2/c1-13-9-14(2)11-16(10-13)24-12-17-18(20(24)25)19(22-21(26)23(17)3)15-7-5-4-6-8-15/h4-11,19H,12H2,1-3H3,(H,22,26). The number of hydrogen-bond donors (Lipinski definition) is 1. The fraction of sp³-hybridized carbons (Fsp3) is 0.238. The molecular weight excluding hydrogens is 326 g/mol. The summed E-state index contributed by atoms with van der Waals surface area (Å²) in [4.78, 5) is 29.0. The molecule has 5 heteroatoms. The molecule has 0 saturated heterocycles. The van der Waals surface area contributed by atoms with Crippen molar-refractivity contribution in [2.45, 2.75) is 19.9 Å². The lowest BCUT2D eigenvalue weighted by Crippen LogP contribution is -2.45. The Morgan fingerprint density at radius 2 is 1.65 bits per heavy atom. The molecule has 1 unspecified atom stereocenters. The molecule has 2 heterocycles. The summed E-state index contributed by atoms with van der Waals surface area (Å²) in [6, 6.07) is 15.1. The quantitative estimate of drug-likeness (QED) is 0.906. The van der Waals surface area contributed by atoms with Crippen molar-refractivity contribution >= 4 is 17.6 Å². The average molecular weight is 347 g/mol. The van der Waals surface area contributed by atoms with E-state index in [1.165, 1.54) is 0 Å². The van der Waals surface area contributed by atoms with Crippen LogP contribution in [-0.4, -0.2) is 30.4 Å². The number of aryl methyl sites for hydroxylation is 2. The van der Waals surface area contributed by atoms with Gasteiger partial charge in [-0.3, -0.25) is 9.69 Å². The van der Waals surface area contributed by atoms with Crippen molar-refractivity contribution in [1.82, 2.24) is 10.2 Å². The van der Waals surface area contributed by atoms with E-state index in [2.05, 4.69) is 11.4 Å². The van der Waals surface area contributed by atoms with Crippen molar-refractivity contribution in [1.29, 1.82) is 0 Å². The number of nitrogens with zero attached hydrogens (tertiary/aromatic N) is 2. The van der Waals surface area contributed by atoms with E-state index in [1.807, 2.05) is 56.3 Å². The summed E-state index contributed by atoms with van der Waals surface area (Å²) in [7, 11) is 1.71. The second-order valence-electron chi connectivity index (χ2n) is 6.95. The van der Waals surface area contributed by atoms with Crippen LogP contribution in [0.15, 0.2) is 59.8 Å². The molecule has 0 spiro atoms. The van der Waals surface area contributed by atoms with Gasteiger partial charge < -0.3 is 10.2 Å². The van der Waals surface area contributed by atoms with Gasteiger partial charge in [0.05, 0.1) is 23.9 Å². The van der Waals surface area contributed by atoms with Crippen LogP contribution in [-0.2, 0) is 4.79 Å². The van der Waals surface area contributed by atoms with E-state index >= 15 is 0 Å². The lowest BCUT2D eigenvalue weighted by molar-refractivity contribution is -0.114. The fourth-order valence-electron chi connectivity index (χ4n) is 3.78. The van der Waals surface area contributed by atoms with Crippen molar-refractivity contribution in [3.63, 3.8) is 0 Å². The number of rotatable bonds is 2. The number of amides is 3. The Morgan fingerprint density at radius 1 is 1.00 bits per heavy atom. The summed E-state index contributed by atoms with van der Waals surface area (Å²) in [6.45, 7) is 4.45. The van der Waals surface area contributed by atoms with Crippen LogP contribution in [0.2, 0.25) is 0 Å². The zero-order valence-corrected chi connectivity index (χ0v) is 15.1. The molecule has 0 bridgehead atoms. The van der Waals surface area contributed by atoms with Crippen LogP contribution in [0.4, 0.5) is 10.5 Å². The molecule has 2 aliphatic rings. The Kier molecular flexibility index (Phi) is 3.80. The van der Waals surface area contributed by atoms with Crippen LogP contribution in [0.25, 0.3) is 0 Å². The van der Waals surface area contributed by atoms with Crippen LogP contribution in [0.1, 0.15) is 22.7 Å². The van der Waals surface area contributed by atoms with Crippen LogP contribution in [0.5, 0.6) is 0 Å². The largest absolute Gasteiger partial charge is 0.327 e. The molecule has 4 rings (SSSR count). The number of carbonyl (C=O) groups is 2. The van der Waals surface area contributed by atoms with E-state index in [-0.39, 0.29) is 11.9 Å². The second-order valence-corrected chi connectivity index (χ2v) is 6.95. The topological polar surface area (TPSA) is 52.7 Å². The Bertz CT molecular complexity index is 913. The number of likely N-dealkylation sites (N-methyl/N-ethyl adjacent to an activating group) is 1. The maximum absolute atomic E-state index is 13.3. The first-order chi connectivity index (χ1) is 12.5. The second kappa shape index (κ2) is 6.02. The first-order valence-corrected chi connectivity index (χ1v) is 8.68. The van der Waals surface area contributed by atoms with Crippen molar-refractivity contribution in [2.24, 2.45) is 0 Å². The van der Waals surface area contributed by atoms with Crippen LogP contribution in [0.3, 0.4) is 0 Å². The van der Waals surface area contributed by atoms with Gasteiger partial charge in [0.25, 0.3) is 5.91 Å². The maximum atomic E-state index is 13.3. The number of urea groups is 1. The average Bonchev–Trinajstić information content (AvgIpc) is 2.96. The minimum Gasteiger partial charge on any atom is -0.327 e. The van der Waals surface area contributed by atoms with Gasteiger partial charge in [0, 0.05) is 12.7 Å². The smallest absolute Gasteiger partial charge is 0.322 e.